The number of carbonyl (C=O) groups is 2. The number of para-hydroxylation sites is 1. The lowest BCUT2D eigenvalue weighted by Crippen LogP contribution is -2.23. The van der Waals surface area contributed by atoms with Crippen LogP contribution < -0.4 is 14.8 Å². The van der Waals surface area contributed by atoms with Gasteiger partial charge in [-0.25, -0.2) is 4.79 Å². The first-order chi connectivity index (χ1) is 12.7. The summed E-state index contributed by atoms with van der Waals surface area (Å²) in [5.41, 5.74) is 1.82. The van der Waals surface area contributed by atoms with Crippen molar-refractivity contribution in [3.63, 3.8) is 0 Å². The van der Waals surface area contributed by atoms with Crippen LogP contribution in [0.2, 0.25) is 0 Å². The summed E-state index contributed by atoms with van der Waals surface area (Å²) in [4.78, 5) is 24.5. The highest BCUT2D eigenvalue weighted by Gasteiger charge is 2.19. The highest BCUT2D eigenvalue weighted by atomic mass is 16.5. The first-order valence-electron chi connectivity index (χ1n) is 8.54. The molecule has 0 aromatic heterocycles. The van der Waals surface area contributed by atoms with Gasteiger partial charge in [-0.2, -0.15) is 0 Å². The molecule has 27 heavy (non-hydrogen) atoms. The second-order valence-corrected chi connectivity index (χ2v) is 7.02. The van der Waals surface area contributed by atoms with E-state index in [4.69, 9.17) is 14.2 Å². The molecule has 0 unspecified atom stereocenters. The SMILES string of the molecule is COc1cc(OC)cc(C(=O)OCC(=O)Nc2ccccc2C(C)(C)C)c1. The largest absolute Gasteiger partial charge is 0.497 e. The monoisotopic (exact) mass is 371 g/mol. The Balaban J connectivity index is 2.03. The van der Waals surface area contributed by atoms with Crippen LogP contribution in [-0.2, 0) is 14.9 Å². The first kappa shape index (κ1) is 20.3. The maximum absolute atomic E-state index is 12.3. The van der Waals surface area contributed by atoms with Crippen LogP contribution >= 0.6 is 0 Å². The van der Waals surface area contributed by atoms with Crippen LogP contribution in [0.1, 0.15) is 36.7 Å². The molecule has 2 aromatic rings. The lowest BCUT2D eigenvalue weighted by molar-refractivity contribution is -0.119. The summed E-state index contributed by atoms with van der Waals surface area (Å²) in [5.74, 6) is -0.115. The Bertz CT molecular complexity index is 801. The fourth-order valence-electron chi connectivity index (χ4n) is 2.57. The minimum absolute atomic E-state index is 0.127. The van der Waals surface area contributed by atoms with Crippen molar-refractivity contribution in [2.75, 3.05) is 26.1 Å². The van der Waals surface area contributed by atoms with E-state index in [0.717, 1.165) is 5.56 Å². The summed E-state index contributed by atoms with van der Waals surface area (Å²) in [6.45, 7) is 5.80. The van der Waals surface area contributed by atoms with Crippen LogP contribution in [-0.4, -0.2) is 32.7 Å². The van der Waals surface area contributed by atoms with Gasteiger partial charge in [-0.3, -0.25) is 4.79 Å². The van der Waals surface area contributed by atoms with Crippen molar-refractivity contribution in [1.82, 2.24) is 0 Å². The predicted octanol–water partition coefficient (Wildman–Crippen LogP) is 3.80. The van der Waals surface area contributed by atoms with Crippen molar-refractivity contribution in [3.8, 4) is 11.5 Å². The molecule has 2 aromatic carbocycles. The number of carbonyl (C=O) groups excluding carboxylic acids is 2. The van der Waals surface area contributed by atoms with E-state index in [1.165, 1.54) is 26.4 Å². The van der Waals surface area contributed by atoms with E-state index in [0.29, 0.717) is 17.2 Å². The van der Waals surface area contributed by atoms with Gasteiger partial charge in [0.1, 0.15) is 11.5 Å². The van der Waals surface area contributed by atoms with E-state index in [1.807, 2.05) is 24.3 Å². The molecule has 0 saturated carbocycles. The predicted molar refractivity (Wildman–Crippen MR) is 104 cm³/mol. The van der Waals surface area contributed by atoms with Crippen molar-refractivity contribution >= 4 is 17.6 Å². The molecule has 0 aliphatic carbocycles. The van der Waals surface area contributed by atoms with E-state index in [1.54, 1.807) is 6.07 Å². The number of hydrogen-bond donors (Lipinski definition) is 1. The Labute approximate surface area is 159 Å². The van der Waals surface area contributed by atoms with Crippen molar-refractivity contribution in [2.24, 2.45) is 0 Å². The van der Waals surface area contributed by atoms with Gasteiger partial charge >= 0.3 is 5.97 Å². The van der Waals surface area contributed by atoms with Gasteiger partial charge in [0.05, 0.1) is 19.8 Å². The molecule has 0 bridgehead atoms. The fraction of sp³-hybridized carbons (Fsp3) is 0.333. The minimum Gasteiger partial charge on any atom is -0.497 e. The van der Waals surface area contributed by atoms with Crippen LogP contribution in [0.4, 0.5) is 5.69 Å². The van der Waals surface area contributed by atoms with Gasteiger partial charge in [0.15, 0.2) is 6.61 Å². The third kappa shape index (κ3) is 5.48. The molecule has 0 atom stereocenters. The van der Waals surface area contributed by atoms with E-state index in [2.05, 4.69) is 26.1 Å². The fourth-order valence-corrected chi connectivity index (χ4v) is 2.57. The average Bonchev–Trinajstić information content (AvgIpc) is 2.65. The molecule has 6 heteroatoms. The number of anilines is 1. The van der Waals surface area contributed by atoms with Crippen molar-refractivity contribution in [2.45, 2.75) is 26.2 Å². The second-order valence-electron chi connectivity index (χ2n) is 7.02. The molecule has 1 N–H and O–H groups in total. The third-order valence-corrected chi connectivity index (χ3v) is 3.93. The molecule has 0 radical (unpaired) electrons. The van der Waals surface area contributed by atoms with Gasteiger partial charge in [0.2, 0.25) is 0 Å². The standard InChI is InChI=1S/C21H25NO5/c1-21(2,3)17-8-6-7-9-18(17)22-19(23)13-27-20(24)14-10-15(25-4)12-16(11-14)26-5/h6-12H,13H2,1-5H3,(H,22,23). The number of nitrogens with one attached hydrogen (secondary N) is 1. The molecule has 0 fully saturated rings. The number of rotatable bonds is 6. The van der Waals surface area contributed by atoms with Gasteiger partial charge in [-0.1, -0.05) is 39.0 Å². The summed E-state index contributed by atoms with van der Waals surface area (Å²) >= 11 is 0. The first-order valence-corrected chi connectivity index (χ1v) is 8.54. The van der Waals surface area contributed by atoms with E-state index >= 15 is 0 Å². The van der Waals surface area contributed by atoms with Gasteiger partial charge < -0.3 is 19.5 Å². The molecule has 0 aliphatic rings. The lowest BCUT2D eigenvalue weighted by atomic mass is 9.86. The topological polar surface area (TPSA) is 73.9 Å². The summed E-state index contributed by atoms with van der Waals surface area (Å²) < 4.78 is 15.4. The number of benzene rings is 2. The molecule has 0 spiro atoms. The van der Waals surface area contributed by atoms with Gasteiger partial charge in [0, 0.05) is 11.8 Å². The van der Waals surface area contributed by atoms with E-state index < -0.39 is 18.5 Å². The summed E-state index contributed by atoms with van der Waals surface area (Å²) in [5, 5.41) is 2.80. The Morgan fingerprint density at radius 2 is 1.56 bits per heavy atom. The van der Waals surface area contributed by atoms with Crippen molar-refractivity contribution in [3.05, 3.63) is 53.6 Å². The molecular weight excluding hydrogens is 346 g/mol. The summed E-state index contributed by atoms with van der Waals surface area (Å²) in [6.07, 6.45) is 0. The van der Waals surface area contributed by atoms with Crippen LogP contribution in [0, 0.1) is 0 Å². The quantitative estimate of drug-likeness (QED) is 0.782. The molecule has 0 saturated heterocycles. The molecular formula is C21H25NO5. The maximum atomic E-state index is 12.3. The number of ether oxygens (including phenoxy) is 3. The zero-order valence-corrected chi connectivity index (χ0v) is 16.3. The molecule has 0 heterocycles. The molecule has 144 valence electrons. The smallest absolute Gasteiger partial charge is 0.338 e. The highest BCUT2D eigenvalue weighted by molar-refractivity contribution is 5.96. The Kier molecular flexibility index (Phi) is 6.45. The molecule has 1 amide bonds. The van der Waals surface area contributed by atoms with E-state index in [-0.39, 0.29) is 11.0 Å². The number of amides is 1. The van der Waals surface area contributed by atoms with Gasteiger partial charge in [0.25, 0.3) is 5.91 Å². The maximum Gasteiger partial charge on any atom is 0.338 e. The zero-order valence-electron chi connectivity index (χ0n) is 16.3. The molecule has 0 aliphatic heterocycles. The van der Waals surface area contributed by atoms with Crippen molar-refractivity contribution < 1.29 is 23.8 Å². The average molecular weight is 371 g/mol. The van der Waals surface area contributed by atoms with Crippen LogP contribution in [0.25, 0.3) is 0 Å². The third-order valence-electron chi connectivity index (χ3n) is 3.93. The van der Waals surface area contributed by atoms with Crippen LogP contribution in [0.3, 0.4) is 0 Å². The van der Waals surface area contributed by atoms with Crippen molar-refractivity contribution in [1.29, 1.82) is 0 Å². The number of esters is 1. The van der Waals surface area contributed by atoms with E-state index in [9.17, 15) is 9.59 Å². The summed E-state index contributed by atoms with van der Waals surface area (Å²) in [6, 6.07) is 12.3. The minimum atomic E-state index is -0.633. The van der Waals surface area contributed by atoms with Crippen LogP contribution in [0.5, 0.6) is 11.5 Å². The van der Waals surface area contributed by atoms with Gasteiger partial charge in [-0.15, -0.1) is 0 Å². The number of hydrogen-bond acceptors (Lipinski definition) is 5. The van der Waals surface area contributed by atoms with Gasteiger partial charge in [-0.05, 0) is 29.2 Å². The zero-order chi connectivity index (χ0) is 20.0. The molecule has 2 rings (SSSR count). The highest BCUT2D eigenvalue weighted by Crippen LogP contribution is 2.29. The number of methoxy groups -OCH3 is 2. The molecule has 6 nitrogen and oxygen atoms in total. The lowest BCUT2D eigenvalue weighted by Gasteiger charge is -2.22. The Hall–Kier alpha value is -3.02. The van der Waals surface area contributed by atoms with Crippen LogP contribution in [0.15, 0.2) is 42.5 Å². The summed E-state index contributed by atoms with van der Waals surface area (Å²) in [7, 11) is 2.98. The Morgan fingerprint density at radius 3 is 2.11 bits per heavy atom. The Morgan fingerprint density at radius 1 is 0.963 bits per heavy atom. The normalized spacial score (nSPS) is 10.9. The second kappa shape index (κ2) is 8.58.